The molecule has 1 aliphatic rings. The van der Waals surface area contributed by atoms with Gasteiger partial charge >= 0.3 is 6.09 Å². The minimum Gasteiger partial charge on any atom is -0.497 e. The molecule has 0 saturated carbocycles. The van der Waals surface area contributed by atoms with Crippen LogP contribution in [0.5, 0.6) is 11.5 Å². The third-order valence-electron chi connectivity index (χ3n) is 3.42. The summed E-state index contributed by atoms with van der Waals surface area (Å²) in [5.41, 5.74) is -0.475. The molecule has 1 fully saturated rings. The van der Waals surface area contributed by atoms with Crippen LogP contribution in [0.25, 0.3) is 0 Å². The lowest BCUT2D eigenvalue weighted by Crippen LogP contribution is -2.55. The predicted octanol–water partition coefficient (Wildman–Crippen LogP) is 2.28. The summed E-state index contributed by atoms with van der Waals surface area (Å²) in [6, 6.07) is 7.53. The third kappa shape index (κ3) is 5.63. The number of rotatable bonds is 4. The maximum atomic E-state index is 12.1. The van der Waals surface area contributed by atoms with Crippen molar-refractivity contribution in [3.8, 4) is 11.5 Å². The zero-order valence-electron chi connectivity index (χ0n) is 14.3. The van der Waals surface area contributed by atoms with Crippen LogP contribution in [0, 0.1) is 0 Å². The van der Waals surface area contributed by atoms with Crippen molar-refractivity contribution < 1.29 is 19.0 Å². The van der Waals surface area contributed by atoms with E-state index in [0.29, 0.717) is 19.7 Å². The Balaban J connectivity index is 1.82. The quantitative estimate of drug-likeness (QED) is 0.921. The molecule has 1 amide bonds. The number of carbonyl (C=O) groups excluding carboxylic acids is 1. The highest BCUT2D eigenvalue weighted by atomic mass is 16.6. The van der Waals surface area contributed by atoms with Crippen molar-refractivity contribution in [2.45, 2.75) is 32.4 Å². The molecule has 2 rings (SSSR count). The molecule has 0 radical (unpaired) electrons. The second-order valence-corrected chi connectivity index (χ2v) is 6.56. The third-order valence-corrected chi connectivity index (χ3v) is 3.42. The summed E-state index contributed by atoms with van der Waals surface area (Å²) >= 11 is 0. The first kappa shape index (κ1) is 17.4. The van der Waals surface area contributed by atoms with Crippen molar-refractivity contribution in [1.29, 1.82) is 0 Å². The number of nitrogens with zero attached hydrogens (tertiary/aromatic N) is 1. The summed E-state index contributed by atoms with van der Waals surface area (Å²) in [6.45, 7) is 8.06. The smallest absolute Gasteiger partial charge is 0.410 e. The SMILES string of the molecule is COc1ccc(OCC2CN(C(=O)OC(C)(C)C)CCN2)cc1. The molecule has 0 aromatic heterocycles. The topological polar surface area (TPSA) is 60.0 Å². The van der Waals surface area contributed by atoms with Crippen LogP contribution in [0.1, 0.15) is 20.8 Å². The van der Waals surface area contributed by atoms with Gasteiger partial charge in [0.15, 0.2) is 0 Å². The van der Waals surface area contributed by atoms with Crippen molar-refractivity contribution in [2.24, 2.45) is 0 Å². The summed E-state index contributed by atoms with van der Waals surface area (Å²) in [6.07, 6.45) is -0.270. The number of nitrogens with one attached hydrogen (secondary N) is 1. The fourth-order valence-corrected chi connectivity index (χ4v) is 2.30. The Bertz CT molecular complexity index is 510. The molecule has 1 unspecified atom stereocenters. The van der Waals surface area contributed by atoms with Gasteiger partial charge in [-0.05, 0) is 45.0 Å². The number of hydrogen-bond acceptors (Lipinski definition) is 5. The zero-order chi connectivity index (χ0) is 16.9. The first-order valence-corrected chi connectivity index (χ1v) is 7.85. The average Bonchev–Trinajstić information content (AvgIpc) is 2.52. The number of ether oxygens (including phenoxy) is 3. The van der Waals surface area contributed by atoms with Crippen molar-refractivity contribution in [1.82, 2.24) is 10.2 Å². The fraction of sp³-hybridized carbons (Fsp3) is 0.588. The van der Waals surface area contributed by atoms with Gasteiger partial charge in [0.2, 0.25) is 0 Å². The van der Waals surface area contributed by atoms with E-state index in [1.54, 1.807) is 12.0 Å². The van der Waals surface area contributed by atoms with E-state index in [-0.39, 0.29) is 12.1 Å². The lowest BCUT2D eigenvalue weighted by atomic mass is 10.2. The molecule has 0 bridgehead atoms. The Hall–Kier alpha value is -1.95. The van der Waals surface area contributed by atoms with Crippen LogP contribution in [0.4, 0.5) is 4.79 Å². The first-order chi connectivity index (χ1) is 10.9. The molecule has 1 atom stereocenters. The first-order valence-electron chi connectivity index (χ1n) is 7.85. The molecule has 1 aromatic rings. The Kier molecular flexibility index (Phi) is 5.71. The lowest BCUT2D eigenvalue weighted by molar-refractivity contribution is 0.0178. The van der Waals surface area contributed by atoms with Crippen LogP contribution in [0.2, 0.25) is 0 Å². The van der Waals surface area contributed by atoms with Gasteiger partial charge in [-0.25, -0.2) is 4.79 Å². The molecule has 6 heteroatoms. The Labute approximate surface area is 137 Å². The molecule has 6 nitrogen and oxygen atoms in total. The maximum absolute atomic E-state index is 12.1. The van der Waals surface area contributed by atoms with Gasteiger partial charge in [0.25, 0.3) is 0 Å². The monoisotopic (exact) mass is 322 g/mol. The van der Waals surface area contributed by atoms with Crippen LogP contribution in [-0.2, 0) is 4.74 Å². The number of carbonyl (C=O) groups is 1. The van der Waals surface area contributed by atoms with Gasteiger partial charge in [0.05, 0.1) is 13.2 Å². The van der Waals surface area contributed by atoms with E-state index in [9.17, 15) is 4.79 Å². The molecule has 0 spiro atoms. The fourth-order valence-electron chi connectivity index (χ4n) is 2.30. The normalized spacial score (nSPS) is 18.4. The van der Waals surface area contributed by atoms with Crippen LogP contribution < -0.4 is 14.8 Å². The van der Waals surface area contributed by atoms with E-state index < -0.39 is 5.60 Å². The van der Waals surface area contributed by atoms with Gasteiger partial charge in [0, 0.05) is 19.6 Å². The number of amides is 1. The van der Waals surface area contributed by atoms with Gasteiger partial charge in [0.1, 0.15) is 23.7 Å². The molecule has 1 aliphatic heterocycles. The highest BCUT2D eigenvalue weighted by Crippen LogP contribution is 2.17. The van der Waals surface area contributed by atoms with E-state index in [1.807, 2.05) is 45.0 Å². The predicted molar refractivity (Wildman–Crippen MR) is 88.1 cm³/mol. The molecule has 128 valence electrons. The molecule has 0 aliphatic carbocycles. The largest absolute Gasteiger partial charge is 0.497 e. The van der Waals surface area contributed by atoms with Crippen molar-refractivity contribution in [3.05, 3.63) is 24.3 Å². The molecule has 1 N–H and O–H groups in total. The minimum absolute atomic E-state index is 0.0818. The summed E-state index contributed by atoms with van der Waals surface area (Å²) < 4.78 is 16.3. The summed E-state index contributed by atoms with van der Waals surface area (Å²) in [4.78, 5) is 13.9. The lowest BCUT2D eigenvalue weighted by Gasteiger charge is -2.34. The van der Waals surface area contributed by atoms with E-state index in [0.717, 1.165) is 18.0 Å². The standard InChI is InChI=1S/C17H26N2O4/c1-17(2,3)23-16(20)19-10-9-18-13(11-19)12-22-15-7-5-14(21-4)6-8-15/h5-8,13,18H,9-12H2,1-4H3. The van der Waals surface area contributed by atoms with Crippen molar-refractivity contribution in [2.75, 3.05) is 33.4 Å². The van der Waals surface area contributed by atoms with E-state index in [1.165, 1.54) is 0 Å². The number of hydrogen-bond donors (Lipinski definition) is 1. The van der Waals surface area contributed by atoms with Gasteiger partial charge in [-0.15, -0.1) is 0 Å². The highest BCUT2D eigenvalue weighted by molar-refractivity contribution is 5.68. The Morgan fingerprint density at radius 2 is 1.91 bits per heavy atom. The van der Waals surface area contributed by atoms with Gasteiger partial charge in [-0.1, -0.05) is 0 Å². The molecular formula is C17H26N2O4. The highest BCUT2D eigenvalue weighted by Gasteiger charge is 2.27. The average molecular weight is 322 g/mol. The number of methoxy groups -OCH3 is 1. The van der Waals surface area contributed by atoms with Crippen LogP contribution in [-0.4, -0.2) is 56.0 Å². The van der Waals surface area contributed by atoms with E-state index in [4.69, 9.17) is 14.2 Å². The van der Waals surface area contributed by atoms with Gasteiger partial charge in [-0.2, -0.15) is 0 Å². The second-order valence-electron chi connectivity index (χ2n) is 6.56. The minimum atomic E-state index is -0.475. The Morgan fingerprint density at radius 3 is 2.52 bits per heavy atom. The number of piperazine rings is 1. The molecule has 1 saturated heterocycles. The van der Waals surface area contributed by atoms with Crippen LogP contribution in [0.3, 0.4) is 0 Å². The summed E-state index contributed by atoms with van der Waals surface area (Å²) in [5, 5.41) is 3.36. The van der Waals surface area contributed by atoms with Crippen molar-refractivity contribution >= 4 is 6.09 Å². The summed E-state index contributed by atoms with van der Waals surface area (Å²) in [5.74, 6) is 1.58. The zero-order valence-corrected chi connectivity index (χ0v) is 14.3. The van der Waals surface area contributed by atoms with Crippen molar-refractivity contribution in [3.63, 3.8) is 0 Å². The maximum Gasteiger partial charge on any atom is 0.410 e. The second kappa shape index (κ2) is 7.55. The molecule has 1 aromatic carbocycles. The Morgan fingerprint density at radius 1 is 1.26 bits per heavy atom. The van der Waals surface area contributed by atoms with Crippen LogP contribution >= 0.6 is 0 Å². The van der Waals surface area contributed by atoms with E-state index in [2.05, 4.69) is 5.32 Å². The molecule has 23 heavy (non-hydrogen) atoms. The van der Waals surface area contributed by atoms with Gasteiger partial charge < -0.3 is 24.4 Å². The van der Waals surface area contributed by atoms with E-state index >= 15 is 0 Å². The molecular weight excluding hydrogens is 296 g/mol. The van der Waals surface area contributed by atoms with Crippen LogP contribution in [0.15, 0.2) is 24.3 Å². The molecule has 1 heterocycles. The summed E-state index contributed by atoms with van der Waals surface area (Å²) in [7, 11) is 1.63. The number of benzene rings is 1. The van der Waals surface area contributed by atoms with Gasteiger partial charge in [-0.3, -0.25) is 0 Å².